The van der Waals surface area contributed by atoms with Crippen LogP contribution in [0.1, 0.15) is 33.1 Å². The van der Waals surface area contributed by atoms with Crippen LogP contribution >= 0.6 is 0 Å². The summed E-state index contributed by atoms with van der Waals surface area (Å²) in [7, 11) is 4.24. The smallest absolute Gasteiger partial charge is 0.0384 e. The maximum Gasteiger partial charge on any atom is 0.0384 e. The molecule has 1 radical (unpaired) electrons. The van der Waals surface area contributed by atoms with Gasteiger partial charge in [-0.2, -0.15) is 0 Å². The van der Waals surface area contributed by atoms with Gasteiger partial charge < -0.3 is 4.90 Å². The molecule has 0 saturated carbocycles. The summed E-state index contributed by atoms with van der Waals surface area (Å²) in [6, 6.07) is 1.55. The number of nitrogens with zero attached hydrogens (tertiary/aromatic N) is 1. The van der Waals surface area contributed by atoms with Crippen molar-refractivity contribution in [2.45, 2.75) is 33.1 Å². The lowest BCUT2D eigenvalue weighted by atomic mass is 10.1. The van der Waals surface area contributed by atoms with Crippen LogP contribution in [0.15, 0.2) is 0 Å². The average molecular weight is 128 g/mol. The topological polar surface area (TPSA) is 3.24 Å². The highest BCUT2D eigenvalue weighted by Gasteiger charge is 2.06. The SMILES string of the molecule is CCC[C](CC)N(C)C. The standard InChI is InChI=1S/C8H18N/c1-5-7-8(6-2)9(3)4/h5-7H2,1-4H3. The second-order valence-electron chi connectivity index (χ2n) is 2.56. The quantitative estimate of drug-likeness (QED) is 0.561. The van der Waals surface area contributed by atoms with Crippen LogP contribution in [0.4, 0.5) is 0 Å². The van der Waals surface area contributed by atoms with Gasteiger partial charge in [0.15, 0.2) is 0 Å². The summed E-state index contributed by atoms with van der Waals surface area (Å²) >= 11 is 0. The highest BCUT2D eigenvalue weighted by Crippen LogP contribution is 2.14. The van der Waals surface area contributed by atoms with Gasteiger partial charge in [-0.1, -0.05) is 20.3 Å². The Hall–Kier alpha value is -0.0400. The van der Waals surface area contributed by atoms with E-state index in [1.165, 1.54) is 19.3 Å². The van der Waals surface area contributed by atoms with Gasteiger partial charge in [-0.25, -0.2) is 0 Å². The molecule has 55 valence electrons. The molecule has 9 heavy (non-hydrogen) atoms. The Labute approximate surface area is 59.1 Å². The van der Waals surface area contributed by atoms with Crippen LogP contribution in [-0.4, -0.2) is 19.0 Å². The zero-order valence-corrected chi connectivity index (χ0v) is 7.07. The summed E-state index contributed by atoms with van der Waals surface area (Å²) < 4.78 is 0. The Morgan fingerprint density at radius 1 is 1.22 bits per heavy atom. The van der Waals surface area contributed by atoms with E-state index in [2.05, 4.69) is 32.8 Å². The molecule has 0 aromatic rings. The van der Waals surface area contributed by atoms with Gasteiger partial charge >= 0.3 is 0 Å². The first-order chi connectivity index (χ1) is 4.22. The fraction of sp³-hybridized carbons (Fsp3) is 0.875. The zero-order chi connectivity index (χ0) is 7.28. The van der Waals surface area contributed by atoms with Gasteiger partial charge in [0.05, 0.1) is 0 Å². The number of hydrogen-bond acceptors (Lipinski definition) is 1. The van der Waals surface area contributed by atoms with Crippen LogP contribution in [0.3, 0.4) is 0 Å². The van der Waals surface area contributed by atoms with Gasteiger partial charge in [0.1, 0.15) is 0 Å². The predicted molar refractivity (Wildman–Crippen MR) is 42.1 cm³/mol. The van der Waals surface area contributed by atoms with E-state index in [9.17, 15) is 0 Å². The molecule has 0 aliphatic heterocycles. The van der Waals surface area contributed by atoms with Gasteiger partial charge in [0.2, 0.25) is 0 Å². The van der Waals surface area contributed by atoms with Gasteiger partial charge in [-0.05, 0) is 26.9 Å². The van der Waals surface area contributed by atoms with Crippen molar-refractivity contribution in [3.63, 3.8) is 0 Å². The molecule has 0 aliphatic rings. The molecular formula is C8H18N. The first-order valence-corrected chi connectivity index (χ1v) is 3.74. The molecule has 0 heterocycles. The molecule has 1 nitrogen and oxygen atoms in total. The summed E-state index contributed by atoms with van der Waals surface area (Å²) in [5.41, 5.74) is 0. The summed E-state index contributed by atoms with van der Waals surface area (Å²) in [6.45, 7) is 4.43. The largest absolute Gasteiger partial charge is 0.302 e. The Morgan fingerprint density at radius 3 is 1.89 bits per heavy atom. The minimum absolute atomic E-state index is 1.20. The number of hydrogen-bond donors (Lipinski definition) is 0. The fourth-order valence-electron chi connectivity index (χ4n) is 1.01. The third-order valence-electron chi connectivity index (χ3n) is 1.58. The summed E-state index contributed by atoms with van der Waals surface area (Å²) in [5.74, 6) is 0. The molecule has 0 saturated heterocycles. The van der Waals surface area contributed by atoms with Crippen molar-refractivity contribution in [3.8, 4) is 0 Å². The highest BCUT2D eigenvalue weighted by molar-refractivity contribution is 4.83. The molecule has 0 bridgehead atoms. The normalized spacial score (nSPS) is 11.3. The lowest BCUT2D eigenvalue weighted by Gasteiger charge is -2.20. The van der Waals surface area contributed by atoms with Crippen molar-refractivity contribution < 1.29 is 0 Å². The van der Waals surface area contributed by atoms with E-state index in [1.54, 1.807) is 6.04 Å². The number of rotatable bonds is 4. The molecule has 0 atom stereocenters. The van der Waals surface area contributed by atoms with Gasteiger partial charge in [-0.15, -0.1) is 0 Å². The Bertz CT molecular complexity index is 59.6. The fourth-order valence-corrected chi connectivity index (χ4v) is 1.01. The lowest BCUT2D eigenvalue weighted by Crippen LogP contribution is -2.18. The lowest BCUT2D eigenvalue weighted by molar-refractivity contribution is 0.377. The molecule has 0 rings (SSSR count). The second-order valence-corrected chi connectivity index (χ2v) is 2.56. The van der Waals surface area contributed by atoms with Crippen LogP contribution in [0, 0.1) is 6.04 Å². The van der Waals surface area contributed by atoms with E-state index >= 15 is 0 Å². The van der Waals surface area contributed by atoms with E-state index in [1.807, 2.05) is 0 Å². The summed E-state index contributed by atoms with van der Waals surface area (Å²) in [6.07, 6.45) is 3.71. The van der Waals surface area contributed by atoms with Crippen molar-refractivity contribution in [2.75, 3.05) is 14.1 Å². The third kappa shape index (κ3) is 3.52. The van der Waals surface area contributed by atoms with E-state index in [0.29, 0.717) is 0 Å². The Morgan fingerprint density at radius 2 is 1.78 bits per heavy atom. The molecule has 0 aliphatic carbocycles. The molecule has 0 spiro atoms. The second kappa shape index (κ2) is 4.80. The Balaban J connectivity index is 3.41. The van der Waals surface area contributed by atoms with Crippen LogP contribution in [0.2, 0.25) is 0 Å². The maximum atomic E-state index is 2.23. The maximum absolute atomic E-state index is 2.23. The van der Waals surface area contributed by atoms with Crippen molar-refractivity contribution in [3.05, 3.63) is 6.04 Å². The van der Waals surface area contributed by atoms with Crippen molar-refractivity contribution >= 4 is 0 Å². The van der Waals surface area contributed by atoms with E-state index < -0.39 is 0 Å². The first kappa shape index (κ1) is 8.96. The molecule has 0 N–H and O–H groups in total. The highest BCUT2D eigenvalue weighted by atomic mass is 15.1. The average Bonchev–Trinajstić information content (AvgIpc) is 1.82. The van der Waals surface area contributed by atoms with Gasteiger partial charge in [0.25, 0.3) is 0 Å². The minimum atomic E-state index is 1.20. The molecule has 0 amide bonds. The van der Waals surface area contributed by atoms with Crippen LogP contribution < -0.4 is 0 Å². The molecule has 0 aromatic carbocycles. The molecule has 0 aromatic heterocycles. The van der Waals surface area contributed by atoms with Crippen molar-refractivity contribution in [1.29, 1.82) is 0 Å². The summed E-state index contributed by atoms with van der Waals surface area (Å²) in [4.78, 5) is 2.23. The minimum Gasteiger partial charge on any atom is -0.302 e. The predicted octanol–water partition coefficient (Wildman–Crippen LogP) is 2.29. The molecular weight excluding hydrogens is 110 g/mol. The van der Waals surface area contributed by atoms with Crippen molar-refractivity contribution in [2.24, 2.45) is 0 Å². The van der Waals surface area contributed by atoms with Crippen molar-refractivity contribution in [1.82, 2.24) is 4.90 Å². The van der Waals surface area contributed by atoms with Gasteiger partial charge in [0, 0.05) is 6.04 Å². The summed E-state index contributed by atoms with van der Waals surface area (Å²) in [5, 5.41) is 0. The van der Waals surface area contributed by atoms with Crippen LogP contribution in [0.25, 0.3) is 0 Å². The van der Waals surface area contributed by atoms with E-state index in [0.717, 1.165) is 0 Å². The van der Waals surface area contributed by atoms with Gasteiger partial charge in [-0.3, -0.25) is 0 Å². The van der Waals surface area contributed by atoms with Crippen LogP contribution in [0.5, 0.6) is 0 Å². The first-order valence-electron chi connectivity index (χ1n) is 3.74. The Kier molecular flexibility index (Phi) is 4.78. The zero-order valence-electron chi connectivity index (χ0n) is 7.07. The van der Waals surface area contributed by atoms with E-state index in [-0.39, 0.29) is 0 Å². The molecule has 0 unspecified atom stereocenters. The van der Waals surface area contributed by atoms with E-state index in [4.69, 9.17) is 0 Å². The molecule has 0 fully saturated rings. The van der Waals surface area contributed by atoms with Crippen LogP contribution in [-0.2, 0) is 0 Å². The monoisotopic (exact) mass is 128 g/mol. The third-order valence-corrected chi connectivity index (χ3v) is 1.58. The molecule has 1 heteroatoms.